The van der Waals surface area contributed by atoms with E-state index in [1.807, 2.05) is 52.0 Å². The highest BCUT2D eigenvalue weighted by molar-refractivity contribution is 7.92. The van der Waals surface area contributed by atoms with Crippen molar-refractivity contribution < 1.29 is 22.7 Å². The van der Waals surface area contributed by atoms with Crippen molar-refractivity contribution in [2.75, 3.05) is 30.8 Å². The number of hydrogen-bond donors (Lipinski definition) is 1. The molecule has 0 aliphatic carbocycles. The van der Waals surface area contributed by atoms with Gasteiger partial charge in [0.1, 0.15) is 18.3 Å². The molecular weight excluding hydrogens is 478 g/mol. The molecule has 0 radical (unpaired) electrons. The molecule has 1 atom stereocenters. The van der Waals surface area contributed by atoms with Crippen molar-refractivity contribution in [3.8, 4) is 5.75 Å². The molecule has 0 heterocycles. The second-order valence-corrected chi connectivity index (χ2v) is 10.9. The van der Waals surface area contributed by atoms with Crippen LogP contribution < -0.4 is 14.4 Å². The Morgan fingerprint density at radius 3 is 2.25 bits per heavy atom. The van der Waals surface area contributed by atoms with Crippen molar-refractivity contribution >= 4 is 27.5 Å². The summed E-state index contributed by atoms with van der Waals surface area (Å²) in [4.78, 5) is 28.3. The van der Waals surface area contributed by atoms with Crippen LogP contribution in [0.5, 0.6) is 5.75 Å². The van der Waals surface area contributed by atoms with Crippen molar-refractivity contribution in [3.63, 3.8) is 0 Å². The number of rotatable bonds is 13. The number of nitrogens with one attached hydrogen (secondary N) is 1. The quantitative estimate of drug-likeness (QED) is 0.408. The zero-order valence-corrected chi connectivity index (χ0v) is 23.0. The van der Waals surface area contributed by atoms with Gasteiger partial charge in [0.2, 0.25) is 21.8 Å². The summed E-state index contributed by atoms with van der Waals surface area (Å²) in [6, 6.07) is 11.9. The highest BCUT2D eigenvalue weighted by Crippen LogP contribution is 2.24. The molecule has 0 saturated carbocycles. The minimum Gasteiger partial charge on any atom is -0.497 e. The highest BCUT2D eigenvalue weighted by atomic mass is 32.2. The van der Waals surface area contributed by atoms with Crippen molar-refractivity contribution in [1.29, 1.82) is 0 Å². The Morgan fingerprint density at radius 2 is 1.72 bits per heavy atom. The molecule has 2 aromatic rings. The number of hydrogen-bond acceptors (Lipinski definition) is 5. The Hall–Kier alpha value is -3.07. The third-order valence-electron chi connectivity index (χ3n) is 6.03. The third-order valence-corrected chi connectivity index (χ3v) is 7.15. The average Bonchev–Trinajstić information content (AvgIpc) is 2.82. The van der Waals surface area contributed by atoms with Gasteiger partial charge in [0, 0.05) is 13.1 Å². The van der Waals surface area contributed by atoms with Gasteiger partial charge in [0.25, 0.3) is 0 Å². The first-order valence-electron chi connectivity index (χ1n) is 12.3. The summed E-state index contributed by atoms with van der Waals surface area (Å²) >= 11 is 0. The summed E-state index contributed by atoms with van der Waals surface area (Å²) in [5, 5.41) is 2.92. The number of amides is 2. The molecule has 1 N–H and O–H groups in total. The second kappa shape index (κ2) is 13.3. The monoisotopic (exact) mass is 517 g/mol. The zero-order chi connectivity index (χ0) is 26.9. The van der Waals surface area contributed by atoms with E-state index < -0.39 is 28.5 Å². The number of nitrogens with zero attached hydrogens (tertiary/aromatic N) is 2. The second-order valence-electron chi connectivity index (χ2n) is 9.00. The van der Waals surface area contributed by atoms with Crippen molar-refractivity contribution in [1.82, 2.24) is 10.2 Å². The fraction of sp³-hybridized carbons (Fsp3) is 0.481. The highest BCUT2D eigenvalue weighted by Gasteiger charge is 2.32. The standard InChI is InChI=1S/C27H39N3O5S/c1-7-9-16-28-27(32)24(8-2)29(18-22-11-13-23(35-5)14-12-22)26(31)19-30(36(6,33)34)25-15-10-20(3)17-21(25)4/h10-15,17,24H,7-9,16,18-19H2,1-6H3,(H,28,32)/t24-/m1/s1. The molecule has 0 unspecified atom stereocenters. The van der Waals surface area contributed by atoms with Crippen LogP contribution in [0, 0.1) is 13.8 Å². The lowest BCUT2D eigenvalue weighted by Gasteiger charge is -2.33. The first-order chi connectivity index (χ1) is 17.0. The number of ether oxygens (including phenoxy) is 1. The first kappa shape index (κ1) is 29.2. The van der Waals surface area contributed by atoms with Crippen LogP contribution in [0.15, 0.2) is 42.5 Å². The summed E-state index contributed by atoms with van der Waals surface area (Å²) in [6.07, 6.45) is 3.25. The maximum absolute atomic E-state index is 13.7. The Labute approximate surface area is 215 Å². The lowest BCUT2D eigenvalue weighted by molar-refractivity contribution is -0.140. The maximum atomic E-state index is 13.7. The first-order valence-corrected chi connectivity index (χ1v) is 14.1. The summed E-state index contributed by atoms with van der Waals surface area (Å²) in [5.41, 5.74) is 2.99. The molecule has 0 bridgehead atoms. The normalized spacial score (nSPS) is 12.1. The van der Waals surface area contributed by atoms with Gasteiger partial charge in [-0.15, -0.1) is 0 Å². The number of carbonyl (C=O) groups excluding carboxylic acids is 2. The van der Waals surface area contributed by atoms with E-state index in [1.165, 1.54) is 4.90 Å². The Balaban J connectivity index is 2.43. The Bertz CT molecular complexity index is 1130. The maximum Gasteiger partial charge on any atom is 0.244 e. The van der Waals surface area contributed by atoms with E-state index in [-0.39, 0.29) is 12.5 Å². The van der Waals surface area contributed by atoms with Gasteiger partial charge in [0.05, 0.1) is 19.1 Å². The SMILES string of the molecule is CCCCNC(=O)[C@@H](CC)N(Cc1ccc(OC)cc1)C(=O)CN(c1ccc(C)cc1C)S(C)(=O)=O. The molecule has 0 aliphatic rings. The fourth-order valence-electron chi connectivity index (χ4n) is 4.03. The molecule has 2 amide bonds. The molecule has 9 heteroatoms. The molecule has 8 nitrogen and oxygen atoms in total. The van der Waals surface area contributed by atoms with Crippen LogP contribution in [-0.4, -0.2) is 57.6 Å². The number of benzene rings is 2. The molecule has 0 aliphatic heterocycles. The van der Waals surface area contributed by atoms with Crippen LogP contribution in [0.25, 0.3) is 0 Å². The molecule has 2 aromatic carbocycles. The lowest BCUT2D eigenvalue weighted by Crippen LogP contribution is -2.52. The topological polar surface area (TPSA) is 96.0 Å². The number of methoxy groups -OCH3 is 1. The third kappa shape index (κ3) is 7.98. The summed E-state index contributed by atoms with van der Waals surface area (Å²) in [6.45, 7) is 7.90. The van der Waals surface area contributed by atoms with E-state index in [0.717, 1.165) is 40.1 Å². The predicted octanol–water partition coefficient (Wildman–Crippen LogP) is 3.80. The predicted molar refractivity (Wildman–Crippen MR) is 144 cm³/mol. The van der Waals surface area contributed by atoms with Crippen LogP contribution in [0.2, 0.25) is 0 Å². The lowest BCUT2D eigenvalue weighted by atomic mass is 10.1. The number of aryl methyl sites for hydroxylation is 2. The average molecular weight is 518 g/mol. The molecular formula is C27H39N3O5S. The minimum atomic E-state index is -3.77. The molecule has 0 saturated heterocycles. The van der Waals surface area contributed by atoms with Crippen molar-refractivity contribution in [2.45, 2.75) is 59.5 Å². The number of carbonyl (C=O) groups is 2. The van der Waals surface area contributed by atoms with Crippen LogP contribution in [0.4, 0.5) is 5.69 Å². The van der Waals surface area contributed by atoms with E-state index in [1.54, 1.807) is 25.3 Å². The van der Waals surface area contributed by atoms with Gasteiger partial charge in [-0.1, -0.05) is 50.1 Å². The number of anilines is 1. The van der Waals surface area contributed by atoms with Gasteiger partial charge in [-0.3, -0.25) is 13.9 Å². The van der Waals surface area contributed by atoms with Crippen molar-refractivity contribution in [2.24, 2.45) is 0 Å². The van der Waals surface area contributed by atoms with E-state index >= 15 is 0 Å². The summed E-state index contributed by atoms with van der Waals surface area (Å²) in [5.74, 6) is -0.0157. The zero-order valence-electron chi connectivity index (χ0n) is 22.2. The minimum absolute atomic E-state index is 0.160. The van der Waals surface area contributed by atoms with Gasteiger partial charge in [-0.2, -0.15) is 0 Å². The largest absolute Gasteiger partial charge is 0.497 e. The van der Waals surface area contributed by atoms with Crippen LogP contribution in [0.1, 0.15) is 49.8 Å². The van der Waals surface area contributed by atoms with E-state index in [9.17, 15) is 18.0 Å². The van der Waals surface area contributed by atoms with Crippen molar-refractivity contribution in [3.05, 3.63) is 59.2 Å². The van der Waals surface area contributed by atoms with Gasteiger partial charge < -0.3 is 15.0 Å². The summed E-state index contributed by atoms with van der Waals surface area (Å²) in [7, 11) is -2.19. The fourth-order valence-corrected chi connectivity index (χ4v) is 4.94. The van der Waals surface area contributed by atoms with Gasteiger partial charge >= 0.3 is 0 Å². The number of sulfonamides is 1. The van der Waals surface area contributed by atoms with Gasteiger partial charge in [-0.25, -0.2) is 8.42 Å². The van der Waals surface area contributed by atoms with E-state index in [2.05, 4.69) is 5.32 Å². The molecule has 0 fully saturated rings. The smallest absolute Gasteiger partial charge is 0.244 e. The van der Waals surface area contributed by atoms with E-state index in [4.69, 9.17) is 4.74 Å². The number of unbranched alkanes of at least 4 members (excludes halogenated alkanes) is 1. The van der Waals surface area contributed by atoms with Gasteiger partial charge in [-0.05, 0) is 56.0 Å². The van der Waals surface area contributed by atoms with Crippen LogP contribution in [-0.2, 0) is 26.2 Å². The molecule has 0 aromatic heterocycles. The van der Waals surface area contributed by atoms with Crippen LogP contribution in [0.3, 0.4) is 0 Å². The van der Waals surface area contributed by atoms with Crippen LogP contribution >= 0.6 is 0 Å². The molecule has 0 spiro atoms. The molecule has 198 valence electrons. The molecule has 36 heavy (non-hydrogen) atoms. The Kier molecular flexibility index (Phi) is 10.8. The van der Waals surface area contributed by atoms with E-state index in [0.29, 0.717) is 24.4 Å². The Morgan fingerprint density at radius 1 is 1.06 bits per heavy atom. The summed E-state index contributed by atoms with van der Waals surface area (Å²) < 4.78 is 31.9. The molecule has 2 rings (SSSR count). The van der Waals surface area contributed by atoms with Gasteiger partial charge in [0.15, 0.2) is 0 Å².